The molecule has 1 saturated carbocycles. The maximum absolute atomic E-state index is 13.4. The SMILES string of the molecule is CCN(CCC1(NC)CCCCC1)c1cccc(F)c1. The van der Waals surface area contributed by atoms with Crippen molar-refractivity contribution in [1.29, 1.82) is 0 Å². The van der Waals surface area contributed by atoms with Gasteiger partial charge in [-0.3, -0.25) is 0 Å². The lowest BCUT2D eigenvalue weighted by molar-refractivity contribution is 0.232. The summed E-state index contributed by atoms with van der Waals surface area (Å²) in [4.78, 5) is 2.27. The first-order valence-electron chi connectivity index (χ1n) is 7.88. The van der Waals surface area contributed by atoms with E-state index in [-0.39, 0.29) is 5.82 Å². The molecule has 1 N–H and O–H groups in total. The topological polar surface area (TPSA) is 15.3 Å². The van der Waals surface area contributed by atoms with Crippen molar-refractivity contribution in [1.82, 2.24) is 5.32 Å². The molecular formula is C17H27FN2. The minimum atomic E-state index is -0.151. The molecular weight excluding hydrogens is 251 g/mol. The predicted molar refractivity (Wildman–Crippen MR) is 83.8 cm³/mol. The number of hydrogen-bond donors (Lipinski definition) is 1. The lowest BCUT2D eigenvalue weighted by Gasteiger charge is -2.39. The van der Waals surface area contributed by atoms with E-state index in [1.807, 2.05) is 6.07 Å². The Labute approximate surface area is 122 Å². The molecule has 1 aliphatic rings. The van der Waals surface area contributed by atoms with E-state index in [2.05, 4.69) is 24.2 Å². The first kappa shape index (κ1) is 15.3. The molecule has 0 heterocycles. The molecule has 0 aliphatic heterocycles. The lowest BCUT2D eigenvalue weighted by atomic mass is 9.79. The Morgan fingerprint density at radius 1 is 1.25 bits per heavy atom. The largest absolute Gasteiger partial charge is 0.372 e. The summed E-state index contributed by atoms with van der Waals surface area (Å²) in [5.74, 6) is -0.151. The third-order valence-electron chi connectivity index (χ3n) is 4.76. The minimum Gasteiger partial charge on any atom is -0.372 e. The van der Waals surface area contributed by atoms with Crippen LogP contribution in [-0.4, -0.2) is 25.7 Å². The number of anilines is 1. The quantitative estimate of drug-likeness (QED) is 0.847. The summed E-state index contributed by atoms with van der Waals surface area (Å²) in [6.07, 6.45) is 7.69. The van der Waals surface area contributed by atoms with Gasteiger partial charge >= 0.3 is 0 Å². The number of nitrogens with zero attached hydrogens (tertiary/aromatic N) is 1. The highest BCUT2D eigenvalue weighted by Crippen LogP contribution is 2.31. The van der Waals surface area contributed by atoms with Crippen molar-refractivity contribution >= 4 is 5.69 Å². The van der Waals surface area contributed by atoms with Gasteiger partial charge in [-0.05, 0) is 51.4 Å². The van der Waals surface area contributed by atoms with E-state index in [4.69, 9.17) is 0 Å². The van der Waals surface area contributed by atoms with Crippen LogP contribution in [0.15, 0.2) is 24.3 Å². The van der Waals surface area contributed by atoms with E-state index in [1.54, 1.807) is 12.1 Å². The lowest BCUT2D eigenvalue weighted by Crippen LogP contribution is -2.47. The Balaban J connectivity index is 1.99. The van der Waals surface area contributed by atoms with Gasteiger partial charge in [-0.25, -0.2) is 4.39 Å². The Morgan fingerprint density at radius 3 is 2.60 bits per heavy atom. The summed E-state index contributed by atoms with van der Waals surface area (Å²) in [6, 6.07) is 6.94. The minimum absolute atomic E-state index is 0.151. The second-order valence-corrected chi connectivity index (χ2v) is 5.90. The molecule has 1 aromatic carbocycles. The van der Waals surface area contributed by atoms with E-state index in [9.17, 15) is 4.39 Å². The van der Waals surface area contributed by atoms with Crippen LogP contribution in [0.2, 0.25) is 0 Å². The van der Waals surface area contributed by atoms with Gasteiger partial charge in [0.05, 0.1) is 0 Å². The van der Waals surface area contributed by atoms with Crippen molar-refractivity contribution in [2.75, 3.05) is 25.0 Å². The molecule has 0 unspecified atom stereocenters. The van der Waals surface area contributed by atoms with Crippen LogP contribution >= 0.6 is 0 Å². The van der Waals surface area contributed by atoms with Crippen LogP contribution in [0.5, 0.6) is 0 Å². The smallest absolute Gasteiger partial charge is 0.125 e. The molecule has 1 aromatic rings. The van der Waals surface area contributed by atoms with Crippen LogP contribution in [0.1, 0.15) is 45.4 Å². The standard InChI is InChI=1S/C17H27FN2/c1-3-20(16-9-7-8-15(18)14-16)13-12-17(19-2)10-5-4-6-11-17/h7-9,14,19H,3-6,10-13H2,1-2H3. The molecule has 3 heteroatoms. The van der Waals surface area contributed by atoms with Gasteiger partial charge in [0, 0.05) is 24.3 Å². The highest BCUT2D eigenvalue weighted by molar-refractivity contribution is 5.46. The highest BCUT2D eigenvalue weighted by Gasteiger charge is 2.30. The molecule has 0 atom stereocenters. The predicted octanol–water partition coefficient (Wildman–Crippen LogP) is 3.96. The van der Waals surface area contributed by atoms with Crippen LogP contribution in [-0.2, 0) is 0 Å². The zero-order valence-electron chi connectivity index (χ0n) is 12.8. The van der Waals surface area contributed by atoms with E-state index in [0.29, 0.717) is 5.54 Å². The maximum atomic E-state index is 13.4. The van der Waals surface area contributed by atoms with Gasteiger partial charge in [-0.2, -0.15) is 0 Å². The number of rotatable bonds is 6. The maximum Gasteiger partial charge on any atom is 0.125 e. The second kappa shape index (κ2) is 7.07. The third-order valence-corrected chi connectivity index (χ3v) is 4.76. The molecule has 1 aliphatic carbocycles. The van der Waals surface area contributed by atoms with Crippen LogP contribution in [0.4, 0.5) is 10.1 Å². The molecule has 0 radical (unpaired) electrons. The third kappa shape index (κ3) is 3.72. The van der Waals surface area contributed by atoms with E-state index in [0.717, 1.165) is 25.2 Å². The van der Waals surface area contributed by atoms with Gasteiger partial charge in [0.25, 0.3) is 0 Å². The van der Waals surface area contributed by atoms with Crippen molar-refractivity contribution < 1.29 is 4.39 Å². The van der Waals surface area contributed by atoms with Crippen molar-refractivity contribution in [2.24, 2.45) is 0 Å². The van der Waals surface area contributed by atoms with Gasteiger partial charge in [-0.15, -0.1) is 0 Å². The van der Waals surface area contributed by atoms with Gasteiger partial charge in [0.15, 0.2) is 0 Å². The summed E-state index contributed by atoms with van der Waals surface area (Å²) in [6.45, 7) is 4.04. The molecule has 2 rings (SSSR count). The summed E-state index contributed by atoms with van der Waals surface area (Å²) >= 11 is 0. The molecule has 20 heavy (non-hydrogen) atoms. The Morgan fingerprint density at radius 2 is 2.00 bits per heavy atom. The second-order valence-electron chi connectivity index (χ2n) is 5.90. The van der Waals surface area contributed by atoms with E-state index < -0.39 is 0 Å². The summed E-state index contributed by atoms with van der Waals surface area (Å²) in [5, 5.41) is 3.56. The molecule has 0 saturated heterocycles. The fraction of sp³-hybridized carbons (Fsp3) is 0.647. The average molecular weight is 278 g/mol. The monoisotopic (exact) mass is 278 g/mol. The van der Waals surface area contributed by atoms with Gasteiger partial charge < -0.3 is 10.2 Å². The first-order chi connectivity index (χ1) is 9.69. The zero-order chi connectivity index (χ0) is 14.4. The van der Waals surface area contributed by atoms with Crippen molar-refractivity contribution in [2.45, 2.75) is 51.0 Å². The number of nitrogens with one attached hydrogen (secondary N) is 1. The van der Waals surface area contributed by atoms with E-state index >= 15 is 0 Å². The first-order valence-corrected chi connectivity index (χ1v) is 7.88. The number of hydrogen-bond acceptors (Lipinski definition) is 2. The Bertz CT molecular complexity index is 413. The fourth-order valence-corrected chi connectivity index (χ4v) is 3.35. The summed E-state index contributed by atoms with van der Waals surface area (Å²) in [7, 11) is 2.09. The summed E-state index contributed by atoms with van der Waals surface area (Å²) in [5.41, 5.74) is 1.29. The van der Waals surface area contributed by atoms with Crippen molar-refractivity contribution in [3.8, 4) is 0 Å². The number of halogens is 1. The molecule has 112 valence electrons. The molecule has 0 aromatic heterocycles. The van der Waals surface area contributed by atoms with Gasteiger partial charge in [0.1, 0.15) is 5.82 Å². The van der Waals surface area contributed by atoms with Crippen LogP contribution in [0, 0.1) is 5.82 Å². The van der Waals surface area contributed by atoms with Crippen LogP contribution < -0.4 is 10.2 Å². The molecule has 2 nitrogen and oxygen atoms in total. The molecule has 0 spiro atoms. The molecule has 0 amide bonds. The summed E-state index contributed by atoms with van der Waals surface area (Å²) < 4.78 is 13.4. The highest BCUT2D eigenvalue weighted by atomic mass is 19.1. The zero-order valence-corrected chi connectivity index (χ0v) is 12.8. The van der Waals surface area contributed by atoms with Crippen molar-refractivity contribution in [3.05, 3.63) is 30.1 Å². The number of benzene rings is 1. The van der Waals surface area contributed by atoms with E-state index in [1.165, 1.54) is 38.2 Å². The van der Waals surface area contributed by atoms with Crippen LogP contribution in [0.3, 0.4) is 0 Å². The average Bonchev–Trinajstić information content (AvgIpc) is 2.49. The van der Waals surface area contributed by atoms with Crippen LogP contribution in [0.25, 0.3) is 0 Å². The molecule has 0 bridgehead atoms. The van der Waals surface area contributed by atoms with Crippen molar-refractivity contribution in [3.63, 3.8) is 0 Å². The van der Waals surface area contributed by atoms with Gasteiger partial charge in [-0.1, -0.05) is 25.3 Å². The Hall–Kier alpha value is -1.09. The van der Waals surface area contributed by atoms with Gasteiger partial charge in [0.2, 0.25) is 0 Å². The Kier molecular flexibility index (Phi) is 5.41. The molecule has 1 fully saturated rings. The normalized spacial score (nSPS) is 17.9. The fourth-order valence-electron chi connectivity index (χ4n) is 3.35.